The summed E-state index contributed by atoms with van der Waals surface area (Å²) in [4.78, 5) is 26.2. The first kappa shape index (κ1) is 27.5. The first-order valence-corrected chi connectivity index (χ1v) is 11.1. The topological polar surface area (TPSA) is 101 Å². The third kappa shape index (κ3) is 6.86. The van der Waals surface area contributed by atoms with Crippen LogP contribution in [0.4, 0.5) is 0 Å². The Kier molecular flexibility index (Phi) is 10.8. The predicted molar refractivity (Wildman–Crippen MR) is 132 cm³/mol. The van der Waals surface area contributed by atoms with Crippen molar-refractivity contribution in [3.8, 4) is 23.0 Å². The summed E-state index contributed by atoms with van der Waals surface area (Å²) < 4.78 is 27.4. The fourth-order valence-corrected chi connectivity index (χ4v) is 3.54. The van der Waals surface area contributed by atoms with Gasteiger partial charge < -0.3 is 28.8 Å². The standard InChI is InChI=1S/C27H32O8/c1-6-12-33-22-17-24(34-13-7-2)26(20(19(22)8-3)16-25(29)32-5)27(30)18-9-10-21(35-14-11-28)23(15-18)31-4/h6-7,9-10,15,17,28H,1-2,8,11-14,16H2,3-5H3. The Morgan fingerprint density at radius 3 is 2.17 bits per heavy atom. The molecule has 8 heteroatoms. The van der Waals surface area contributed by atoms with Crippen molar-refractivity contribution < 1.29 is 38.4 Å². The molecule has 0 atom stereocenters. The van der Waals surface area contributed by atoms with E-state index >= 15 is 0 Å². The minimum atomic E-state index is -0.505. The molecule has 0 aliphatic carbocycles. The minimum Gasteiger partial charge on any atom is -0.493 e. The average molecular weight is 485 g/mol. The van der Waals surface area contributed by atoms with Gasteiger partial charge >= 0.3 is 5.97 Å². The number of hydrogen-bond acceptors (Lipinski definition) is 8. The summed E-state index contributed by atoms with van der Waals surface area (Å²) >= 11 is 0. The minimum absolute atomic E-state index is 0.0818. The Morgan fingerprint density at radius 2 is 1.60 bits per heavy atom. The average Bonchev–Trinajstić information content (AvgIpc) is 2.88. The van der Waals surface area contributed by atoms with Crippen LogP contribution in [0.1, 0.15) is 34.0 Å². The van der Waals surface area contributed by atoms with Crippen molar-refractivity contribution in [1.29, 1.82) is 0 Å². The Labute approximate surface area is 205 Å². The molecular weight excluding hydrogens is 452 g/mol. The molecule has 2 rings (SSSR count). The number of rotatable bonds is 15. The van der Waals surface area contributed by atoms with Crippen LogP contribution < -0.4 is 18.9 Å². The summed E-state index contributed by atoms with van der Waals surface area (Å²) in [6, 6.07) is 6.37. The number of ketones is 1. The van der Waals surface area contributed by atoms with Crippen molar-refractivity contribution in [2.75, 3.05) is 40.6 Å². The van der Waals surface area contributed by atoms with Gasteiger partial charge in [-0.15, -0.1) is 0 Å². The molecule has 188 valence electrons. The molecule has 0 aromatic heterocycles. The summed E-state index contributed by atoms with van der Waals surface area (Å²) in [5.41, 5.74) is 1.69. The van der Waals surface area contributed by atoms with Crippen LogP contribution in [0.25, 0.3) is 0 Å². The van der Waals surface area contributed by atoms with Crippen LogP contribution in [0.5, 0.6) is 23.0 Å². The molecule has 0 spiro atoms. The van der Waals surface area contributed by atoms with E-state index in [0.29, 0.717) is 40.4 Å². The number of benzene rings is 2. The van der Waals surface area contributed by atoms with Crippen LogP contribution in [-0.2, 0) is 22.4 Å². The zero-order chi connectivity index (χ0) is 25.8. The summed E-state index contributed by atoms with van der Waals surface area (Å²) in [5, 5.41) is 9.04. The second-order valence-corrected chi connectivity index (χ2v) is 7.28. The molecule has 8 nitrogen and oxygen atoms in total. The number of ether oxygens (including phenoxy) is 5. The van der Waals surface area contributed by atoms with Crippen molar-refractivity contribution in [3.63, 3.8) is 0 Å². The van der Waals surface area contributed by atoms with E-state index in [-0.39, 0.29) is 49.9 Å². The van der Waals surface area contributed by atoms with E-state index in [1.165, 1.54) is 14.2 Å². The number of esters is 1. The van der Waals surface area contributed by atoms with Crippen LogP contribution in [0.2, 0.25) is 0 Å². The van der Waals surface area contributed by atoms with Gasteiger partial charge in [0.05, 0.1) is 32.8 Å². The summed E-state index contributed by atoms with van der Waals surface area (Å²) in [6.07, 6.45) is 3.52. The van der Waals surface area contributed by atoms with Crippen molar-refractivity contribution in [3.05, 3.63) is 71.8 Å². The zero-order valence-corrected chi connectivity index (χ0v) is 20.4. The molecule has 0 saturated heterocycles. The highest BCUT2D eigenvalue weighted by molar-refractivity contribution is 6.13. The van der Waals surface area contributed by atoms with Gasteiger partial charge in [0.2, 0.25) is 0 Å². The van der Waals surface area contributed by atoms with Gasteiger partial charge in [-0.25, -0.2) is 0 Å². The van der Waals surface area contributed by atoms with Gasteiger partial charge in [0.1, 0.15) is 31.3 Å². The lowest BCUT2D eigenvalue weighted by atomic mass is 9.90. The normalized spacial score (nSPS) is 10.3. The molecular formula is C27H32O8. The van der Waals surface area contributed by atoms with E-state index in [1.807, 2.05) is 6.92 Å². The largest absolute Gasteiger partial charge is 0.493 e. The van der Waals surface area contributed by atoms with Crippen LogP contribution in [-0.4, -0.2) is 57.5 Å². The zero-order valence-electron chi connectivity index (χ0n) is 20.4. The number of carbonyl (C=O) groups excluding carboxylic acids is 2. The number of carbonyl (C=O) groups is 2. The lowest BCUT2D eigenvalue weighted by Crippen LogP contribution is -2.17. The number of aliphatic hydroxyl groups excluding tert-OH is 1. The third-order valence-corrected chi connectivity index (χ3v) is 5.09. The van der Waals surface area contributed by atoms with Crippen molar-refractivity contribution in [1.82, 2.24) is 0 Å². The molecule has 2 aromatic carbocycles. The molecule has 1 N–H and O–H groups in total. The molecule has 0 bridgehead atoms. The summed E-state index contributed by atoms with van der Waals surface area (Å²) in [7, 11) is 2.75. The second kappa shape index (κ2) is 13.8. The van der Waals surface area contributed by atoms with Gasteiger partial charge in [0, 0.05) is 11.6 Å². The lowest BCUT2D eigenvalue weighted by molar-refractivity contribution is -0.139. The molecule has 0 amide bonds. The Hall–Kier alpha value is -3.78. The fraction of sp³-hybridized carbons (Fsp3) is 0.333. The Bertz CT molecular complexity index is 1060. The molecule has 0 aliphatic heterocycles. The lowest BCUT2D eigenvalue weighted by Gasteiger charge is -2.21. The van der Waals surface area contributed by atoms with E-state index in [0.717, 1.165) is 0 Å². The summed E-state index contributed by atoms with van der Waals surface area (Å²) in [6.45, 7) is 9.57. The summed E-state index contributed by atoms with van der Waals surface area (Å²) in [5.74, 6) is 0.582. The van der Waals surface area contributed by atoms with E-state index < -0.39 is 5.97 Å². The molecule has 0 aliphatic rings. The second-order valence-electron chi connectivity index (χ2n) is 7.28. The van der Waals surface area contributed by atoms with Gasteiger partial charge in [-0.1, -0.05) is 32.2 Å². The van der Waals surface area contributed by atoms with E-state index in [2.05, 4.69) is 13.2 Å². The number of methoxy groups -OCH3 is 2. The highest BCUT2D eigenvalue weighted by Crippen LogP contribution is 2.38. The van der Waals surface area contributed by atoms with Crippen molar-refractivity contribution >= 4 is 11.8 Å². The van der Waals surface area contributed by atoms with E-state index in [9.17, 15) is 9.59 Å². The van der Waals surface area contributed by atoms with Gasteiger partial charge in [0.15, 0.2) is 17.3 Å². The van der Waals surface area contributed by atoms with Gasteiger partial charge in [0.25, 0.3) is 0 Å². The number of hydrogen-bond donors (Lipinski definition) is 1. The number of aliphatic hydroxyl groups is 1. The molecule has 35 heavy (non-hydrogen) atoms. The monoisotopic (exact) mass is 484 g/mol. The third-order valence-electron chi connectivity index (χ3n) is 5.09. The van der Waals surface area contributed by atoms with Crippen LogP contribution >= 0.6 is 0 Å². The smallest absolute Gasteiger partial charge is 0.310 e. The van der Waals surface area contributed by atoms with Crippen LogP contribution in [0, 0.1) is 0 Å². The SMILES string of the molecule is C=CCOc1cc(OCC=C)c(C(=O)c2ccc(OCCO)c(OC)c2)c(CC(=O)OC)c1CC. The maximum Gasteiger partial charge on any atom is 0.310 e. The van der Waals surface area contributed by atoms with Crippen LogP contribution in [0.15, 0.2) is 49.6 Å². The fourth-order valence-electron chi connectivity index (χ4n) is 3.54. The first-order chi connectivity index (χ1) is 16.9. The van der Waals surface area contributed by atoms with Gasteiger partial charge in [-0.05, 0) is 35.7 Å². The van der Waals surface area contributed by atoms with Crippen molar-refractivity contribution in [2.45, 2.75) is 19.8 Å². The maximum atomic E-state index is 13.9. The molecule has 2 aromatic rings. The van der Waals surface area contributed by atoms with Gasteiger partial charge in [-0.3, -0.25) is 9.59 Å². The van der Waals surface area contributed by atoms with Crippen molar-refractivity contribution in [2.24, 2.45) is 0 Å². The first-order valence-electron chi connectivity index (χ1n) is 11.1. The maximum absolute atomic E-state index is 13.9. The highest BCUT2D eigenvalue weighted by atomic mass is 16.5. The Balaban J connectivity index is 2.74. The van der Waals surface area contributed by atoms with E-state index in [1.54, 1.807) is 36.4 Å². The molecule has 0 radical (unpaired) electrons. The molecule has 0 unspecified atom stereocenters. The van der Waals surface area contributed by atoms with Gasteiger partial charge in [-0.2, -0.15) is 0 Å². The van der Waals surface area contributed by atoms with Crippen LogP contribution in [0.3, 0.4) is 0 Å². The molecule has 0 heterocycles. The molecule has 0 fully saturated rings. The predicted octanol–water partition coefficient (Wildman–Crippen LogP) is 3.70. The molecule has 0 saturated carbocycles. The quantitative estimate of drug-likeness (QED) is 0.232. The Morgan fingerprint density at radius 1 is 0.914 bits per heavy atom. The van der Waals surface area contributed by atoms with E-state index in [4.69, 9.17) is 28.8 Å². The highest BCUT2D eigenvalue weighted by Gasteiger charge is 2.27.